The quantitative estimate of drug-likeness (QED) is 0.613. The number of nitrogen functional groups attached to an aromatic ring is 1. The average molecular weight is 442 g/mol. The molecule has 2 fully saturated rings. The number of benzene rings is 1. The predicted molar refractivity (Wildman–Crippen MR) is 115 cm³/mol. The van der Waals surface area contributed by atoms with E-state index in [1.54, 1.807) is 29.3 Å². The number of alkyl halides is 2. The molecule has 3 N–H and O–H groups in total. The van der Waals surface area contributed by atoms with E-state index < -0.39 is 6.61 Å². The van der Waals surface area contributed by atoms with Crippen LogP contribution < -0.4 is 15.8 Å². The molecule has 2 heterocycles. The van der Waals surface area contributed by atoms with E-state index >= 15 is 0 Å². The maximum atomic E-state index is 12.6. The van der Waals surface area contributed by atoms with Crippen molar-refractivity contribution in [3.8, 4) is 5.75 Å². The Labute approximate surface area is 184 Å². The summed E-state index contributed by atoms with van der Waals surface area (Å²) in [6.07, 6.45) is 5.63. The van der Waals surface area contributed by atoms with E-state index in [9.17, 15) is 18.4 Å². The lowest BCUT2D eigenvalue weighted by Gasteiger charge is -2.20. The molecule has 3 atom stereocenters. The van der Waals surface area contributed by atoms with E-state index in [-0.39, 0.29) is 17.6 Å². The van der Waals surface area contributed by atoms with Crippen LogP contribution in [0.5, 0.6) is 5.75 Å². The highest BCUT2D eigenvalue weighted by molar-refractivity contribution is 5.94. The number of likely N-dealkylation sites (tertiary alicyclic amines) is 1. The van der Waals surface area contributed by atoms with Gasteiger partial charge in [-0.1, -0.05) is 0 Å². The van der Waals surface area contributed by atoms with Crippen molar-refractivity contribution in [2.45, 2.75) is 13.0 Å². The van der Waals surface area contributed by atoms with Gasteiger partial charge in [0.2, 0.25) is 5.91 Å². The normalized spacial score (nSPS) is 21.6. The van der Waals surface area contributed by atoms with Crippen LogP contribution in [-0.2, 0) is 4.79 Å². The molecule has 1 saturated carbocycles. The second kappa shape index (κ2) is 9.33. The Morgan fingerprint density at radius 2 is 1.91 bits per heavy atom. The van der Waals surface area contributed by atoms with Gasteiger partial charge >= 0.3 is 6.61 Å². The smallest absolute Gasteiger partial charge is 0.387 e. The van der Waals surface area contributed by atoms with Gasteiger partial charge < -0.3 is 20.7 Å². The Balaban J connectivity index is 1.17. The third-order valence-electron chi connectivity index (χ3n) is 6.00. The topological polar surface area (TPSA) is 97.6 Å². The van der Waals surface area contributed by atoms with Crippen LogP contribution in [0.2, 0.25) is 0 Å². The van der Waals surface area contributed by atoms with Crippen LogP contribution >= 0.6 is 0 Å². The van der Waals surface area contributed by atoms with E-state index in [4.69, 9.17) is 5.73 Å². The summed E-state index contributed by atoms with van der Waals surface area (Å²) in [6.45, 7) is -0.940. The number of piperidine rings is 1. The van der Waals surface area contributed by atoms with Crippen LogP contribution in [0.1, 0.15) is 22.3 Å². The molecule has 32 heavy (non-hydrogen) atoms. The Hall–Kier alpha value is -3.49. The van der Waals surface area contributed by atoms with Gasteiger partial charge in [0.25, 0.3) is 5.91 Å². The zero-order chi connectivity index (χ0) is 22.7. The summed E-state index contributed by atoms with van der Waals surface area (Å²) in [5, 5.41) is 2.89. The molecule has 168 valence electrons. The number of pyridine rings is 1. The molecule has 1 aliphatic heterocycles. The van der Waals surface area contributed by atoms with Gasteiger partial charge in [-0.05, 0) is 72.2 Å². The molecule has 1 aliphatic carbocycles. The maximum absolute atomic E-state index is 12.6. The highest BCUT2D eigenvalue weighted by atomic mass is 19.3. The fraction of sp³-hybridized carbons (Fsp3) is 0.348. The number of ether oxygens (including phenoxy) is 1. The number of hydrogen-bond acceptors (Lipinski definition) is 5. The monoisotopic (exact) mass is 442 g/mol. The summed E-state index contributed by atoms with van der Waals surface area (Å²) in [7, 11) is 0. The number of amides is 2. The fourth-order valence-electron chi connectivity index (χ4n) is 4.31. The SMILES string of the molecule is Nc1ccc(/C=C/C(=O)NCCC2[C@H]3CN(C(=O)c4ccc(OC(F)F)cc4)C[C@@H]23)cn1. The average Bonchev–Trinajstić information content (AvgIpc) is 3.21. The first kappa shape index (κ1) is 21.7. The van der Waals surface area contributed by atoms with E-state index in [0.29, 0.717) is 48.8 Å². The summed E-state index contributed by atoms with van der Waals surface area (Å²) < 4.78 is 28.8. The number of aromatic nitrogens is 1. The third-order valence-corrected chi connectivity index (χ3v) is 6.00. The Bertz CT molecular complexity index is 983. The Morgan fingerprint density at radius 3 is 2.53 bits per heavy atom. The fourth-order valence-corrected chi connectivity index (χ4v) is 4.31. The molecule has 2 aliphatic rings. The number of carbonyl (C=O) groups excluding carboxylic acids is 2. The lowest BCUT2D eigenvalue weighted by atomic mass is 10.1. The Kier molecular flexibility index (Phi) is 6.34. The molecule has 4 rings (SSSR count). The molecular weight excluding hydrogens is 418 g/mol. The molecule has 1 unspecified atom stereocenters. The molecule has 9 heteroatoms. The van der Waals surface area contributed by atoms with E-state index in [1.165, 1.54) is 30.3 Å². The van der Waals surface area contributed by atoms with E-state index in [0.717, 1.165) is 12.0 Å². The molecule has 2 amide bonds. The molecular formula is C23H24F2N4O3. The van der Waals surface area contributed by atoms with Crippen LogP contribution in [0.3, 0.4) is 0 Å². The lowest BCUT2D eigenvalue weighted by molar-refractivity contribution is -0.116. The summed E-state index contributed by atoms with van der Waals surface area (Å²) in [5.74, 6) is 1.61. The molecule has 1 aromatic carbocycles. The van der Waals surface area contributed by atoms with Crippen molar-refractivity contribution >= 4 is 23.7 Å². The molecule has 0 bridgehead atoms. The van der Waals surface area contributed by atoms with Crippen LogP contribution in [0.4, 0.5) is 14.6 Å². The minimum absolute atomic E-state index is 0.0305. The van der Waals surface area contributed by atoms with Crippen LogP contribution in [0, 0.1) is 17.8 Å². The number of anilines is 1. The van der Waals surface area contributed by atoms with Gasteiger partial charge in [-0.3, -0.25) is 9.59 Å². The zero-order valence-electron chi connectivity index (χ0n) is 17.3. The molecule has 2 aromatic rings. The standard InChI is InChI=1S/C23H24F2N4O3/c24-23(25)32-16-5-3-15(4-6-16)22(31)29-12-18-17(19(18)13-29)9-10-27-21(30)8-2-14-1-7-20(26)28-11-14/h1-8,11,17-19,23H,9-10,12-13H2,(H2,26,28)(H,27,30)/b8-2+/t17?,18-,19+. The number of nitrogens with zero attached hydrogens (tertiary/aromatic N) is 2. The summed E-state index contributed by atoms with van der Waals surface area (Å²) >= 11 is 0. The molecule has 1 aromatic heterocycles. The second-order valence-electron chi connectivity index (χ2n) is 8.03. The van der Waals surface area contributed by atoms with Gasteiger partial charge in [0.15, 0.2) is 0 Å². The lowest BCUT2D eigenvalue weighted by Crippen LogP contribution is -2.32. The molecule has 1 saturated heterocycles. The van der Waals surface area contributed by atoms with Crippen molar-refractivity contribution < 1.29 is 23.1 Å². The van der Waals surface area contributed by atoms with E-state index in [1.807, 2.05) is 0 Å². The van der Waals surface area contributed by atoms with Crippen LogP contribution in [-0.4, -0.2) is 47.9 Å². The number of halogens is 2. The summed E-state index contributed by atoms with van der Waals surface area (Å²) in [4.78, 5) is 30.4. The second-order valence-corrected chi connectivity index (χ2v) is 8.03. The van der Waals surface area contributed by atoms with Crippen molar-refractivity contribution in [3.63, 3.8) is 0 Å². The molecule has 0 radical (unpaired) electrons. The summed E-state index contributed by atoms with van der Waals surface area (Å²) in [5.41, 5.74) is 6.79. The van der Waals surface area contributed by atoms with Crippen molar-refractivity contribution in [1.29, 1.82) is 0 Å². The van der Waals surface area contributed by atoms with Crippen LogP contribution in [0.25, 0.3) is 6.08 Å². The maximum Gasteiger partial charge on any atom is 0.387 e. The predicted octanol–water partition coefficient (Wildman–Crippen LogP) is 2.80. The van der Waals surface area contributed by atoms with Gasteiger partial charge in [0, 0.05) is 37.5 Å². The highest BCUT2D eigenvalue weighted by Crippen LogP contribution is 2.53. The number of hydrogen-bond donors (Lipinski definition) is 2. The first-order valence-corrected chi connectivity index (χ1v) is 10.4. The third kappa shape index (κ3) is 5.22. The van der Waals surface area contributed by atoms with Crippen LogP contribution in [0.15, 0.2) is 48.7 Å². The first-order chi connectivity index (χ1) is 15.4. The van der Waals surface area contributed by atoms with Gasteiger partial charge in [0.1, 0.15) is 11.6 Å². The number of nitrogens with one attached hydrogen (secondary N) is 1. The van der Waals surface area contributed by atoms with Crippen molar-refractivity contribution in [1.82, 2.24) is 15.2 Å². The number of nitrogens with two attached hydrogens (primary N) is 1. The summed E-state index contributed by atoms with van der Waals surface area (Å²) in [6, 6.07) is 9.22. The minimum Gasteiger partial charge on any atom is -0.435 e. The van der Waals surface area contributed by atoms with Gasteiger partial charge in [-0.25, -0.2) is 4.98 Å². The Morgan fingerprint density at radius 1 is 1.19 bits per heavy atom. The molecule has 0 spiro atoms. The van der Waals surface area contributed by atoms with Crippen molar-refractivity contribution in [2.24, 2.45) is 17.8 Å². The zero-order valence-corrected chi connectivity index (χ0v) is 17.3. The number of fused-ring (bicyclic) bond motifs is 1. The van der Waals surface area contributed by atoms with Gasteiger partial charge in [0.05, 0.1) is 0 Å². The van der Waals surface area contributed by atoms with E-state index in [2.05, 4.69) is 15.0 Å². The highest BCUT2D eigenvalue weighted by Gasteiger charge is 2.55. The van der Waals surface area contributed by atoms with Gasteiger partial charge in [-0.15, -0.1) is 0 Å². The number of rotatable bonds is 8. The van der Waals surface area contributed by atoms with Crippen molar-refractivity contribution in [2.75, 3.05) is 25.4 Å². The number of carbonyl (C=O) groups is 2. The first-order valence-electron chi connectivity index (χ1n) is 10.4. The largest absolute Gasteiger partial charge is 0.435 e. The van der Waals surface area contributed by atoms with Gasteiger partial charge in [-0.2, -0.15) is 8.78 Å². The van der Waals surface area contributed by atoms with Crippen molar-refractivity contribution in [3.05, 3.63) is 59.8 Å². The molecule has 7 nitrogen and oxygen atoms in total. The minimum atomic E-state index is -2.89.